The molecule has 1 aromatic rings. The first kappa shape index (κ1) is 14.2. The number of aryl methyl sites for hydroxylation is 2. The van der Waals surface area contributed by atoms with E-state index in [1.54, 1.807) is 13.8 Å². The summed E-state index contributed by atoms with van der Waals surface area (Å²) in [6.45, 7) is 5.28. The van der Waals surface area contributed by atoms with Crippen molar-refractivity contribution in [2.75, 3.05) is 12.4 Å². The van der Waals surface area contributed by atoms with E-state index >= 15 is 0 Å². The lowest BCUT2D eigenvalue weighted by Crippen LogP contribution is -2.29. The number of furan rings is 1. The Morgan fingerprint density at radius 1 is 1.47 bits per heavy atom. The molecule has 1 heterocycles. The van der Waals surface area contributed by atoms with Crippen LogP contribution < -0.4 is 4.72 Å². The Bertz CT molecular complexity index is 464. The monoisotopic (exact) mass is 261 g/mol. The molecule has 0 radical (unpaired) electrons. The summed E-state index contributed by atoms with van der Waals surface area (Å²) in [5.41, 5.74) is 0.843. The first-order chi connectivity index (χ1) is 7.85. The number of hydrogen-bond donors (Lipinski definition) is 2. The minimum atomic E-state index is -3.35. The van der Waals surface area contributed by atoms with Gasteiger partial charge in [-0.1, -0.05) is 0 Å². The second-order valence-corrected chi connectivity index (χ2v) is 5.98. The topological polar surface area (TPSA) is 79.5 Å². The molecule has 0 amide bonds. The molecule has 1 unspecified atom stereocenters. The van der Waals surface area contributed by atoms with Crippen molar-refractivity contribution in [3.63, 3.8) is 0 Å². The average Bonchev–Trinajstić information content (AvgIpc) is 2.54. The van der Waals surface area contributed by atoms with E-state index < -0.39 is 10.0 Å². The van der Waals surface area contributed by atoms with E-state index in [2.05, 4.69) is 4.72 Å². The van der Waals surface area contributed by atoms with Crippen molar-refractivity contribution in [2.45, 2.75) is 33.2 Å². The maximum Gasteiger partial charge on any atom is 0.212 e. The molecule has 1 atom stereocenters. The van der Waals surface area contributed by atoms with E-state index in [0.29, 0.717) is 0 Å². The van der Waals surface area contributed by atoms with Gasteiger partial charge in [0.05, 0.1) is 5.75 Å². The predicted octanol–water partition coefficient (Wildman–Crippen LogP) is 1.26. The summed E-state index contributed by atoms with van der Waals surface area (Å²) in [6.07, 6.45) is 0.242. The van der Waals surface area contributed by atoms with Crippen molar-refractivity contribution in [1.29, 1.82) is 0 Å². The number of sulfonamides is 1. The van der Waals surface area contributed by atoms with Crippen LogP contribution in [0, 0.1) is 13.8 Å². The summed E-state index contributed by atoms with van der Waals surface area (Å²) in [4.78, 5) is 0. The van der Waals surface area contributed by atoms with Gasteiger partial charge in [0.2, 0.25) is 10.0 Å². The van der Waals surface area contributed by atoms with Crippen molar-refractivity contribution in [3.8, 4) is 0 Å². The van der Waals surface area contributed by atoms with Crippen LogP contribution in [0.1, 0.15) is 36.5 Å². The number of rotatable bonds is 6. The summed E-state index contributed by atoms with van der Waals surface area (Å²) in [7, 11) is -3.35. The Kier molecular flexibility index (Phi) is 4.73. The van der Waals surface area contributed by atoms with Crippen LogP contribution >= 0.6 is 0 Å². The van der Waals surface area contributed by atoms with Gasteiger partial charge in [-0.3, -0.25) is 0 Å². The van der Waals surface area contributed by atoms with Crippen molar-refractivity contribution in [3.05, 3.63) is 23.2 Å². The SMILES string of the molecule is Cc1cc(C(C)NS(=O)(=O)CCCO)c(C)o1. The van der Waals surface area contributed by atoms with Crippen LogP contribution in [0.25, 0.3) is 0 Å². The second-order valence-electron chi connectivity index (χ2n) is 4.10. The van der Waals surface area contributed by atoms with Gasteiger partial charge in [-0.25, -0.2) is 13.1 Å². The molecule has 17 heavy (non-hydrogen) atoms. The molecule has 2 N–H and O–H groups in total. The summed E-state index contributed by atoms with van der Waals surface area (Å²) >= 11 is 0. The molecule has 6 heteroatoms. The Labute approximate surface area is 102 Å². The minimum absolute atomic E-state index is 0.0658. The van der Waals surface area contributed by atoms with E-state index in [4.69, 9.17) is 9.52 Å². The molecule has 0 bridgehead atoms. The van der Waals surface area contributed by atoms with Crippen molar-refractivity contribution in [2.24, 2.45) is 0 Å². The van der Waals surface area contributed by atoms with Gasteiger partial charge < -0.3 is 9.52 Å². The summed E-state index contributed by atoms with van der Waals surface area (Å²) in [5.74, 6) is 1.42. The molecule has 0 aliphatic heterocycles. The minimum Gasteiger partial charge on any atom is -0.466 e. The zero-order valence-electron chi connectivity index (χ0n) is 10.4. The maximum absolute atomic E-state index is 11.6. The normalized spacial score (nSPS) is 13.9. The van der Waals surface area contributed by atoms with E-state index in [-0.39, 0.29) is 24.8 Å². The largest absolute Gasteiger partial charge is 0.466 e. The van der Waals surface area contributed by atoms with Crippen molar-refractivity contribution < 1.29 is 17.9 Å². The Hall–Kier alpha value is -0.850. The fourth-order valence-electron chi connectivity index (χ4n) is 1.73. The van der Waals surface area contributed by atoms with Gasteiger partial charge in [0.1, 0.15) is 11.5 Å². The molecule has 0 aliphatic rings. The molecule has 0 aromatic carbocycles. The standard InChI is InChI=1S/C11H19NO4S/c1-8-7-11(10(3)16-8)9(2)12-17(14,15)6-4-5-13/h7,9,12-13H,4-6H2,1-3H3. The third kappa shape index (κ3) is 4.14. The van der Waals surface area contributed by atoms with Gasteiger partial charge in [0.25, 0.3) is 0 Å². The molecule has 0 spiro atoms. The van der Waals surface area contributed by atoms with Crippen LogP contribution in [0.3, 0.4) is 0 Å². The molecule has 5 nitrogen and oxygen atoms in total. The Morgan fingerprint density at radius 2 is 2.12 bits per heavy atom. The summed E-state index contributed by atoms with van der Waals surface area (Å²) in [6, 6.07) is 1.50. The van der Waals surface area contributed by atoms with Crippen molar-refractivity contribution in [1.82, 2.24) is 4.72 Å². The lowest BCUT2D eigenvalue weighted by atomic mass is 10.1. The quantitative estimate of drug-likeness (QED) is 0.808. The van der Waals surface area contributed by atoms with E-state index in [1.807, 2.05) is 13.0 Å². The molecule has 1 rings (SSSR count). The zero-order valence-corrected chi connectivity index (χ0v) is 11.2. The van der Waals surface area contributed by atoms with Gasteiger partial charge >= 0.3 is 0 Å². The molecule has 0 aliphatic carbocycles. The highest BCUT2D eigenvalue weighted by atomic mass is 32.2. The molecule has 0 fully saturated rings. The highest BCUT2D eigenvalue weighted by Crippen LogP contribution is 2.21. The fourth-order valence-corrected chi connectivity index (χ4v) is 3.02. The smallest absolute Gasteiger partial charge is 0.212 e. The van der Waals surface area contributed by atoms with E-state index in [1.165, 1.54) is 0 Å². The van der Waals surface area contributed by atoms with Crippen LogP contribution in [0.15, 0.2) is 10.5 Å². The highest BCUT2D eigenvalue weighted by Gasteiger charge is 2.18. The first-order valence-electron chi connectivity index (χ1n) is 5.53. The lowest BCUT2D eigenvalue weighted by molar-refractivity contribution is 0.295. The Morgan fingerprint density at radius 3 is 2.59 bits per heavy atom. The third-order valence-electron chi connectivity index (χ3n) is 2.47. The molecular formula is C11H19NO4S. The third-order valence-corrected chi connectivity index (χ3v) is 4.01. The first-order valence-corrected chi connectivity index (χ1v) is 7.18. The van der Waals surface area contributed by atoms with Gasteiger partial charge in [-0.05, 0) is 33.3 Å². The van der Waals surface area contributed by atoms with E-state index in [0.717, 1.165) is 17.1 Å². The van der Waals surface area contributed by atoms with Crippen LogP contribution in [-0.4, -0.2) is 25.9 Å². The van der Waals surface area contributed by atoms with Gasteiger partial charge in [-0.15, -0.1) is 0 Å². The second kappa shape index (κ2) is 5.66. The van der Waals surface area contributed by atoms with Gasteiger partial charge in [0, 0.05) is 18.2 Å². The van der Waals surface area contributed by atoms with Crippen molar-refractivity contribution >= 4 is 10.0 Å². The van der Waals surface area contributed by atoms with Gasteiger partial charge in [0.15, 0.2) is 0 Å². The Balaban J connectivity index is 2.72. The van der Waals surface area contributed by atoms with Crippen LogP contribution in [-0.2, 0) is 10.0 Å². The van der Waals surface area contributed by atoms with Crippen LogP contribution in [0.5, 0.6) is 0 Å². The van der Waals surface area contributed by atoms with Gasteiger partial charge in [-0.2, -0.15) is 0 Å². The van der Waals surface area contributed by atoms with Crippen LogP contribution in [0.2, 0.25) is 0 Å². The maximum atomic E-state index is 11.6. The summed E-state index contributed by atoms with van der Waals surface area (Å²) in [5, 5.41) is 8.62. The zero-order chi connectivity index (χ0) is 13.1. The number of nitrogens with one attached hydrogen (secondary N) is 1. The van der Waals surface area contributed by atoms with Crippen LogP contribution in [0.4, 0.5) is 0 Å². The lowest BCUT2D eigenvalue weighted by Gasteiger charge is -2.13. The molecule has 0 saturated heterocycles. The fraction of sp³-hybridized carbons (Fsp3) is 0.636. The number of hydrogen-bond acceptors (Lipinski definition) is 4. The molecule has 98 valence electrons. The molecular weight excluding hydrogens is 242 g/mol. The molecule has 0 saturated carbocycles. The van der Waals surface area contributed by atoms with E-state index in [9.17, 15) is 8.42 Å². The summed E-state index contributed by atoms with van der Waals surface area (Å²) < 4.78 is 31.2. The molecule has 1 aromatic heterocycles. The highest BCUT2D eigenvalue weighted by molar-refractivity contribution is 7.89. The number of aliphatic hydroxyl groups is 1. The predicted molar refractivity (Wildman–Crippen MR) is 65.2 cm³/mol. The number of aliphatic hydroxyl groups excluding tert-OH is 1. The average molecular weight is 261 g/mol.